The van der Waals surface area contributed by atoms with Gasteiger partial charge in [0.2, 0.25) is 0 Å². The van der Waals surface area contributed by atoms with Gasteiger partial charge < -0.3 is 5.11 Å². The van der Waals surface area contributed by atoms with Crippen molar-refractivity contribution in [3.8, 4) is 0 Å². The predicted molar refractivity (Wildman–Crippen MR) is 71.2 cm³/mol. The molecule has 0 aromatic carbocycles. The molecule has 2 unspecified atom stereocenters. The first-order valence-electron chi connectivity index (χ1n) is 6.52. The van der Waals surface area contributed by atoms with Gasteiger partial charge >= 0.3 is 0 Å². The first-order chi connectivity index (χ1) is 8.20. The second kappa shape index (κ2) is 5.94. The van der Waals surface area contributed by atoms with Gasteiger partial charge in [-0.25, -0.2) is 4.98 Å². The molecule has 1 aromatic heterocycles. The van der Waals surface area contributed by atoms with E-state index in [0.29, 0.717) is 6.04 Å². The van der Waals surface area contributed by atoms with Gasteiger partial charge in [0.05, 0.1) is 12.6 Å². The van der Waals surface area contributed by atoms with Gasteiger partial charge in [0.25, 0.3) is 0 Å². The van der Waals surface area contributed by atoms with E-state index in [9.17, 15) is 5.11 Å². The van der Waals surface area contributed by atoms with E-state index in [2.05, 4.69) is 23.9 Å². The summed E-state index contributed by atoms with van der Waals surface area (Å²) < 4.78 is 0. The number of likely N-dealkylation sites (N-methyl/N-ethyl adjacent to an activating group) is 1. The Morgan fingerprint density at radius 1 is 1.47 bits per heavy atom. The second-order valence-electron chi connectivity index (χ2n) is 4.91. The first-order valence-corrected chi connectivity index (χ1v) is 7.34. The van der Waals surface area contributed by atoms with Crippen LogP contribution in [0.4, 0.5) is 0 Å². The van der Waals surface area contributed by atoms with Gasteiger partial charge in [0.1, 0.15) is 5.01 Å². The van der Waals surface area contributed by atoms with E-state index in [1.165, 1.54) is 22.7 Å². The first kappa shape index (κ1) is 13.0. The van der Waals surface area contributed by atoms with Crippen LogP contribution < -0.4 is 0 Å². The lowest BCUT2D eigenvalue weighted by Crippen LogP contribution is -2.42. The molecule has 0 spiro atoms. The van der Waals surface area contributed by atoms with Crippen molar-refractivity contribution in [3.05, 3.63) is 16.1 Å². The molecule has 2 atom stereocenters. The third-order valence-corrected chi connectivity index (χ3v) is 4.72. The van der Waals surface area contributed by atoms with E-state index < -0.39 is 0 Å². The van der Waals surface area contributed by atoms with Gasteiger partial charge in [-0.15, -0.1) is 11.3 Å². The van der Waals surface area contributed by atoms with Crippen LogP contribution in [0, 0.1) is 0 Å². The maximum atomic E-state index is 10.0. The number of aliphatic hydroxyl groups is 1. The van der Waals surface area contributed by atoms with E-state index >= 15 is 0 Å². The molecular weight excluding hydrogens is 232 g/mol. The summed E-state index contributed by atoms with van der Waals surface area (Å²) >= 11 is 1.79. The highest BCUT2D eigenvalue weighted by Crippen LogP contribution is 2.24. The number of aromatic nitrogens is 1. The maximum absolute atomic E-state index is 10.0. The molecule has 1 aliphatic rings. The van der Waals surface area contributed by atoms with Crippen LogP contribution in [-0.4, -0.2) is 34.2 Å². The third-order valence-electron chi connectivity index (χ3n) is 3.59. The zero-order valence-electron chi connectivity index (χ0n) is 10.7. The van der Waals surface area contributed by atoms with Crippen LogP contribution in [0.15, 0.2) is 6.20 Å². The average Bonchev–Trinajstić information content (AvgIpc) is 2.77. The zero-order chi connectivity index (χ0) is 12.3. The third kappa shape index (κ3) is 3.27. The Kier molecular flexibility index (Phi) is 4.54. The second-order valence-corrected chi connectivity index (χ2v) is 6.11. The Labute approximate surface area is 107 Å². The quantitative estimate of drug-likeness (QED) is 0.896. The van der Waals surface area contributed by atoms with Crippen LogP contribution in [0.5, 0.6) is 0 Å². The molecule has 4 heteroatoms. The normalized spacial score (nSPS) is 25.4. The van der Waals surface area contributed by atoms with Crippen molar-refractivity contribution >= 4 is 11.3 Å². The van der Waals surface area contributed by atoms with Crippen LogP contribution in [0.3, 0.4) is 0 Å². The van der Waals surface area contributed by atoms with Crippen molar-refractivity contribution in [3.63, 3.8) is 0 Å². The van der Waals surface area contributed by atoms with Gasteiger partial charge in [0.15, 0.2) is 0 Å². The lowest BCUT2D eigenvalue weighted by Gasteiger charge is -2.34. The van der Waals surface area contributed by atoms with Gasteiger partial charge in [-0.3, -0.25) is 4.90 Å². The molecular formula is C13H22N2OS. The number of rotatable bonds is 4. The fraction of sp³-hybridized carbons (Fsp3) is 0.769. The molecule has 0 bridgehead atoms. The number of hydrogen-bond acceptors (Lipinski definition) is 4. The summed E-state index contributed by atoms with van der Waals surface area (Å²) in [5.41, 5.74) is 0. The summed E-state index contributed by atoms with van der Waals surface area (Å²) in [5, 5.41) is 11.2. The molecule has 2 rings (SSSR count). The Bertz CT molecular complexity index is 353. The molecule has 96 valence electrons. The monoisotopic (exact) mass is 254 g/mol. The van der Waals surface area contributed by atoms with Crippen molar-refractivity contribution in [2.75, 3.05) is 7.05 Å². The van der Waals surface area contributed by atoms with Crippen molar-refractivity contribution in [2.24, 2.45) is 0 Å². The smallest absolute Gasteiger partial charge is 0.107 e. The number of thiazole rings is 1. The van der Waals surface area contributed by atoms with Crippen molar-refractivity contribution < 1.29 is 5.11 Å². The van der Waals surface area contributed by atoms with Crippen LogP contribution in [0.1, 0.15) is 42.5 Å². The molecule has 3 nitrogen and oxygen atoms in total. The molecule has 1 aromatic rings. The van der Waals surface area contributed by atoms with Gasteiger partial charge in [-0.1, -0.05) is 19.8 Å². The summed E-state index contributed by atoms with van der Waals surface area (Å²) in [7, 11) is 2.10. The topological polar surface area (TPSA) is 36.4 Å². The van der Waals surface area contributed by atoms with E-state index in [-0.39, 0.29) is 6.10 Å². The lowest BCUT2D eigenvalue weighted by molar-refractivity contribution is 0.0288. The molecule has 1 aliphatic carbocycles. The standard InChI is InChI=1S/C13H22N2OS/c1-3-10-8-14-13(17-10)9-15(2)11-6-4-5-7-12(11)16/h8,11-12,16H,3-7,9H2,1-2H3. The molecule has 1 N–H and O–H groups in total. The highest BCUT2D eigenvalue weighted by Gasteiger charge is 2.26. The molecule has 0 saturated heterocycles. The minimum Gasteiger partial charge on any atom is -0.391 e. The SMILES string of the molecule is CCc1cnc(CN(C)C2CCCCC2O)s1. The van der Waals surface area contributed by atoms with Crippen LogP contribution in [0.2, 0.25) is 0 Å². The maximum Gasteiger partial charge on any atom is 0.107 e. The fourth-order valence-electron chi connectivity index (χ4n) is 2.52. The molecule has 0 amide bonds. The van der Waals surface area contributed by atoms with Crippen LogP contribution >= 0.6 is 11.3 Å². The average molecular weight is 254 g/mol. The number of aryl methyl sites for hydroxylation is 1. The number of hydrogen-bond donors (Lipinski definition) is 1. The minimum atomic E-state index is -0.153. The fourth-order valence-corrected chi connectivity index (χ4v) is 3.45. The Morgan fingerprint density at radius 2 is 2.24 bits per heavy atom. The van der Waals surface area contributed by atoms with Crippen molar-refractivity contribution in [1.29, 1.82) is 0 Å². The van der Waals surface area contributed by atoms with Crippen molar-refractivity contribution in [2.45, 2.75) is 57.7 Å². The highest BCUT2D eigenvalue weighted by molar-refractivity contribution is 7.11. The van der Waals surface area contributed by atoms with E-state index in [1.807, 2.05) is 6.20 Å². The Morgan fingerprint density at radius 3 is 2.88 bits per heavy atom. The van der Waals surface area contributed by atoms with E-state index in [0.717, 1.165) is 25.8 Å². The Hall–Kier alpha value is -0.450. The van der Waals surface area contributed by atoms with Crippen molar-refractivity contribution in [1.82, 2.24) is 9.88 Å². The number of nitrogens with zero attached hydrogens (tertiary/aromatic N) is 2. The Balaban J connectivity index is 1.93. The molecule has 1 heterocycles. The van der Waals surface area contributed by atoms with Gasteiger partial charge in [0, 0.05) is 17.1 Å². The summed E-state index contributed by atoms with van der Waals surface area (Å²) in [6.45, 7) is 3.03. The zero-order valence-corrected chi connectivity index (χ0v) is 11.5. The summed E-state index contributed by atoms with van der Waals surface area (Å²) in [4.78, 5) is 8.05. The van der Waals surface area contributed by atoms with Gasteiger partial charge in [-0.2, -0.15) is 0 Å². The summed E-state index contributed by atoms with van der Waals surface area (Å²) in [6.07, 6.45) is 7.36. The van der Waals surface area contributed by atoms with Crippen LogP contribution in [-0.2, 0) is 13.0 Å². The molecule has 0 radical (unpaired) electrons. The number of aliphatic hydroxyl groups excluding tert-OH is 1. The van der Waals surface area contributed by atoms with Gasteiger partial charge in [-0.05, 0) is 26.3 Å². The van der Waals surface area contributed by atoms with Crippen LogP contribution in [0.25, 0.3) is 0 Å². The molecule has 1 saturated carbocycles. The largest absolute Gasteiger partial charge is 0.391 e. The van der Waals surface area contributed by atoms with E-state index in [1.54, 1.807) is 11.3 Å². The lowest BCUT2D eigenvalue weighted by atomic mass is 9.92. The minimum absolute atomic E-state index is 0.153. The molecule has 17 heavy (non-hydrogen) atoms. The summed E-state index contributed by atoms with van der Waals surface area (Å²) in [5.74, 6) is 0. The predicted octanol–water partition coefficient (Wildman–Crippen LogP) is 2.44. The summed E-state index contributed by atoms with van der Waals surface area (Å²) in [6, 6.07) is 0.317. The van der Waals surface area contributed by atoms with E-state index in [4.69, 9.17) is 0 Å². The molecule has 1 fully saturated rings. The highest BCUT2D eigenvalue weighted by atomic mass is 32.1. The molecule has 0 aliphatic heterocycles.